The van der Waals surface area contributed by atoms with Gasteiger partial charge < -0.3 is 14.7 Å². The molecule has 23 heavy (non-hydrogen) atoms. The first-order chi connectivity index (χ1) is 10.8. The molecule has 0 saturated carbocycles. The van der Waals surface area contributed by atoms with Gasteiger partial charge in [-0.15, -0.1) is 0 Å². The molecule has 1 N–H and O–H groups in total. The molecule has 1 aliphatic rings. The van der Waals surface area contributed by atoms with Crippen LogP contribution in [0.3, 0.4) is 0 Å². The minimum Gasteiger partial charge on any atom is -0.444 e. The highest BCUT2D eigenvalue weighted by molar-refractivity contribution is 5.68. The van der Waals surface area contributed by atoms with Crippen molar-refractivity contribution in [3.05, 3.63) is 35.9 Å². The first-order valence-corrected chi connectivity index (χ1v) is 8.52. The lowest BCUT2D eigenvalue weighted by Gasteiger charge is -2.41. The Balaban J connectivity index is 2.12. The van der Waals surface area contributed by atoms with E-state index in [0.717, 1.165) is 24.8 Å². The summed E-state index contributed by atoms with van der Waals surface area (Å²) < 4.78 is 5.55. The van der Waals surface area contributed by atoms with Crippen molar-refractivity contribution < 1.29 is 14.6 Å². The summed E-state index contributed by atoms with van der Waals surface area (Å²) in [4.78, 5) is 14.3. The molecule has 1 fully saturated rings. The zero-order chi connectivity index (χ0) is 17.0. The van der Waals surface area contributed by atoms with E-state index < -0.39 is 11.7 Å². The number of likely N-dealkylation sites (tertiary alicyclic amines) is 1. The van der Waals surface area contributed by atoms with Gasteiger partial charge in [0.1, 0.15) is 5.60 Å². The molecule has 1 saturated heterocycles. The van der Waals surface area contributed by atoms with Crippen LogP contribution in [0.25, 0.3) is 0 Å². The molecular formula is C19H29NO3. The van der Waals surface area contributed by atoms with Crippen molar-refractivity contribution in [1.82, 2.24) is 4.90 Å². The molecule has 3 atom stereocenters. The standard InChI is InChI=1S/C19H29NO3/c1-14(17(21)15-10-6-5-7-11-15)16-12-8-9-13-20(16)18(22)23-19(2,3)4/h5-7,10-11,14,16-17,21H,8-9,12-13H2,1-4H3. The van der Waals surface area contributed by atoms with E-state index in [1.165, 1.54) is 0 Å². The molecule has 2 rings (SSSR count). The lowest BCUT2D eigenvalue weighted by atomic mass is 9.85. The smallest absolute Gasteiger partial charge is 0.410 e. The number of rotatable bonds is 3. The first kappa shape index (κ1) is 17.8. The van der Waals surface area contributed by atoms with Crippen LogP contribution in [-0.2, 0) is 4.74 Å². The number of ether oxygens (including phenoxy) is 1. The Kier molecular flexibility index (Phi) is 5.69. The number of carbonyl (C=O) groups is 1. The predicted octanol–water partition coefficient (Wildman–Crippen LogP) is 4.15. The molecule has 1 amide bonds. The highest BCUT2D eigenvalue weighted by Crippen LogP contribution is 2.32. The van der Waals surface area contributed by atoms with Gasteiger partial charge in [0.15, 0.2) is 0 Å². The van der Waals surface area contributed by atoms with Gasteiger partial charge in [0, 0.05) is 18.5 Å². The minimum absolute atomic E-state index is 0.00815. The lowest BCUT2D eigenvalue weighted by Crippen LogP contribution is -2.49. The first-order valence-electron chi connectivity index (χ1n) is 8.52. The minimum atomic E-state index is -0.579. The van der Waals surface area contributed by atoms with E-state index in [1.54, 1.807) is 0 Å². The van der Waals surface area contributed by atoms with Crippen molar-refractivity contribution in [2.24, 2.45) is 5.92 Å². The number of carbonyl (C=O) groups excluding carboxylic acids is 1. The highest BCUT2D eigenvalue weighted by atomic mass is 16.6. The van der Waals surface area contributed by atoms with Crippen molar-refractivity contribution in [1.29, 1.82) is 0 Å². The third-order valence-corrected chi connectivity index (χ3v) is 4.42. The van der Waals surface area contributed by atoms with Gasteiger partial charge in [-0.1, -0.05) is 37.3 Å². The Labute approximate surface area is 139 Å². The maximum absolute atomic E-state index is 12.5. The molecule has 4 heteroatoms. The van der Waals surface area contributed by atoms with Gasteiger partial charge in [-0.05, 0) is 45.6 Å². The van der Waals surface area contributed by atoms with Gasteiger partial charge >= 0.3 is 6.09 Å². The van der Waals surface area contributed by atoms with Gasteiger partial charge in [-0.25, -0.2) is 4.79 Å². The van der Waals surface area contributed by atoms with Crippen LogP contribution in [0.2, 0.25) is 0 Å². The molecule has 0 bridgehead atoms. The molecule has 0 aromatic heterocycles. The van der Waals surface area contributed by atoms with E-state index in [9.17, 15) is 9.90 Å². The SMILES string of the molecule is CC(C(O)c1ccccc1)C1CCCCN1C(=O)OC(C)(C)C. The zero-order valence-corrected chi connectivity index (χ0v) is 14.7. The molecular weight excluding hydrogens is 290 g/mol. The van der Waals surface area contributed by atoms with E-state index in [2.05, 4.69) is 0 Å². The van der Waals surface area contributed by atoms with Crippen LogP contribution < -0.4 is 0 Å². The second-order valence-electron chi connectivity index (χ2n) is 7.45. The number of hydrogen-bond acceptors (Lipinski definition) is 3. The Morgan fingerprint density at radius 1 is 1.26 bits per heavy atom. The molecule has 0 aliphatic carbocycles. The van der Waals surface area contributed by atoms with E-state index in [0.29, 0.717) is 6.54 Å². The van der Waals surface area contributed by atoms with Crippen LogP contribution in [-0.4, -0.2) is 34.3 Å². The van der Waals surface area contributed by atoms with E-state index >= 15 is 0 Å². The summed E-state index contributed by atoms with van der Waals surface area (Å²) in [6.45, 7) is 8.36. The quantitative estimate of drug-likeness (QED) is 0.910. The number of aliphatic hydroxyl groups is 1. The predicted molar refractivity (Wildman–Crippen MR) is 91.1 cm³/mol. The van der Waals surface area contributed by atoms with Gasteiger partial charge in [0.05, 0.1) is 6.10 Å². The monoisotopic (exact) mass is 319 g/mol. The Morgan fingerprint density at radius 3 is 2.52 bits per heavy atom. The second kappa shape index (κ2) is 7.35. The Hall–Kier alpha value is -1.55. The lowest BCUT2D eigenvalue weighted by molar-refractivity contribution is -0.0135. The average Bonchev–Trinajstić information content (AvgIpc) is 2.52. The van der Waals surface area contributed by atoms with Crippen LogP contribution >= 0.6 is 0 Å². The topological polar surface area (TPSA) is 49.8 Å². The summed E-state index contributed by atoms with van der Waals surface area (Å²) in [7, 11) is 0. The fraction of sp³-hybridized carbons (Fsp3) is 0.632. The van der Waals surface area contributed by atoms with Crippen molar-refractivity contribution in [3.8, 4) is 0 Å². The fourth-order valence-corrected chi connectivity index (χ4v) is 3.22. The van der Waals surface area contributed by atoms with E-state index in [-0.39, 0.29) is 18.1 Å². The summed E-state index contributed by atoms with van der Waals surface area (Å²) >= 11 is 0. The van der Waals surface area contributed by atoms with Crippen molar-refractivity contribution in [2.75, 3.05) is 6.54 Å². The van der Waals surface area contributed by atoms with E-state index in [4.69, 9.17) is 4.74 Å². The summed E-state index contributed by atoms with van der Waals surface area (Å²) in [5.41, 5.74) is 0.398. The van der Waals surface area contributed by atoms with Crippen molar-refractivity contribution in [3.63, 3.8) is 0 Å². The number of benzene rings is 1. The molecule has 1 aliphatic heterocycles. The van der Waals surface area contributed by atoms with Gasteiger partial charge in [-0.3, -0.25) is 0 Å². The Bertz CT molecular complexity index is 509. The van der Waals surface area contributed by atoms with Crippen LogP contribution in [0.1, 0.15) is 58.6 Å². The van der Waals surface area contributed by atoms with Gasteiger partial charge in [0.25, 0.3) is 0 Å². The van der Waals surface area contributed by atoms with Gasteiger partial charge in [-0.2, -0.15) is 0 Å². The maximum atomic E-state index is 12.5. The molecule has 1 aromatic rings. The summed E-state index contributed by atoms with van der Waals surface area (Å²) in [5, 5.41) is 10.7. The maximum Gasteiger partial charge on any atom is 0.410 e. The molecule has 0 spiro atoms. The summed E-state index contributed by atoms with van der Waals surface area (Å²) in [5.74, 6) is -0.0368. The van der Waals surface area contributed by atoms with Crippen LogP contribution in [0, 0.1) is 5.92 Å². The van der Waals surface area contributed by atoms with Crippen LogP contribution in [0.4, 0.5) is 4.79 Å². The average molecular weight is 319 g/mol. The largest absolute Gasteiger partial charge is 0.444 e. The highest BCUT2D eigenvalue weighted by Gasteiger charge is 2.36. The second-order valence-corrected chi connectivity index (χ2v) is 7.45. The molecule has 0 radical (unpaired) electrons. The van der Waals surface area contributed by atoms with E-state index in [1.807, 2.05) is 62.9 Å². The van der Waals surface area contributed by atoms with Gasteiger partial charge in [0.2, 0.25) is 0 Å². The fourth-order valence-electron chi connectivity index (χ4n) is 3.22. The molecule has 4 nitrogen and oxygen atoms in total. The Morgan fingerprint density at radius 2 is 1.91 bits per heavy atom. The van der Waals surface area contributed by atoms with Crippen molar-refractivity contribution >= 4 is 6.09 Å². The number of amides is 1. The third-order valence-electron chi connectivity index (χ3n) is 4.42. The number of aliphatic hydroxyl groups excluding tert-OH is 1. The van der Waals surface area contributed by atoms with Crippen molar-refractivity contribution in [2.45, 2.75) is 64.7 Å². The summed E-state index contributed by atoms with van der Waals surface area (Å²) in [6.07, 6.45) is 2.13. The van der Waals surface area contributed by atoms with Crippen LogP contribution in [0.15, 0.2) is 30.3 Å². The molecule has 3 unspecified atom stereocenters. The molecule has 128 valence electrons. The summed E-state index contributed by atoms with van der Waals surface area (Å²) in [6, 6.07) is 9.67. The normalized spacial score (nSPS) is 21.6. The third kappa shape index (κ3) is 4.71. The number of nitrogens with zero attached hydrogens (tertiary/aromatic N) is 1. The number of piperidine rings is 1. The zero-order valence-electron chi connectivity index (χ0n) is 14.7. The molecule has 1 heterocycles. The van der Waals surface area contributed by atoms with Crippen LogP contribution in [0.5, 0.6) is 0 Å². The number of hydrogen-bond donors (Lipinski definition) is 1. The molecule has 1 aromatic carbocycles.